The maximum absolute atomic E-state index is 13.0. The average molecular weight is 426 g/mol. The second kappa shape index (κ2) is 7.22. The standard InChI is InChI=1S/C22H20ClN3O2S/c23-18-4-1-5-19(11-18)29(27,28)26-13-20-22(21(14-26)25-20)16-8-6-15(7-9-16)17-3-2-10-24-12-17/h1-12,20-22,25H,13-14H2/t20-,21+,22?. The van der Waals surface area contributed by atoms with Crippen LogP contribution in [0.1, 0.15) is 11.5 Å². The van der Waals surface area contributed by atoms with Gasteiger partial charge in [-0.3, -0.25) is 4.98 Å². The first-order valence-electron chi connectivity index (χ1n) is 9.54. The third-order valence-corrected chi connectivity index (χ3v) is 7.88. The zero-order valence-electron chi connectivity index (χ0n) is 15.6. The minimum Gasteiger partial charge on any atom is -0.307 e. The molecule has 2 aromatic carbocycles. The summed E-state index contributed by atoms with van der Waals surface area (Å²) >= 11 is 5.99. The molecule has 2 bridgehead atoms. The van der Waals surface area contributed by atoms with Gasteiger partial charge in [-0.25, -0.2) is 8.42 Å². The van der Waals surface area contributed by atoms with Gasteiger partial charge in [-0.2, -0.15) is 4.31 Å². The Bertz CT molecular complexity index is 1120. The van der Waals surface area contributed by atoms with Gasteiger partial charge in [-0.15, -0.1) is 0 Å². The highest BCUT2D eigenvalue weighted by atomic mass is 35.5. The normalized spacial score (nSPS) is 24.1. The summed E-state index contributed by atoms with van der Waals surface area (Å²) < 4.78 is 27.5. The number of pyridine rings is 1. The number of piperazine rings is 1. The van der Waals surface area contributed by atoms with Crippen molar-refractivity contribution in [3.05, 3.63) is 83.6 Å². The molecule has 3 fully saturated rings. The van der Waals surface area contributed by atoms with E-state index in [2.05, 4.69) is 34.6 Å². The van der Waals surface area contributed by atoms with Crippen molar-refractivity contribution in [3.8, 4) is 11.1 Å². The zero-order valence-corrected chi connectivity index (χ0v) is 17.1. The fourth-order valence-corrected chi connectivity index (χ4v) is 6.15. The SMILES string of the molecule is O=S(=O)(c1cccc(Cl)c1)N1C[C@@H]2N[C@H](C1)C2c1ccc(-c2cccnc2)cc1. The molecule has 148 valence electrons. The van der Waals surface area contributed by atoms with Gasteiger partial charge in [0.05, 0.1) is 4.90 Å². The first-order valence-corrected chi connectivity index (χ1v) is 11.4. The molecule has 0 radical (unpaired) electrons. The van der Waals surface area contributed by atoms with Crippen molar-refractivity contribution >= 4 is 21.6 Å². The Balaban J connectivity index is 1.33. The first-order chi connectivity index (χ1) is 14.0. The quantitative estimate of drug-likeness (QED) is 0.694. The molecular weight excluding hydrogens is 406 g/mol. The summed E-state index contributed by atoms with van der Waals surface area (Å²) in [5.41, 5.74) is 3.46. The van der Waals surface area contributed by atoms with Crippen molar-refractivity contribution in [2.75, 3.05) is 13.1 Å². The highest BCUT2D eigenvalue weighted by molar-refractivity contribution is 7.89. The number of fused-ring (bicyclic) bond motifs is 2. The fourth-order valence-electron chi connectivity index (χ4n) is 4.36. The Hall–Kier alpha value is -2.25. The van der Waals surface area contributed by atoms with Gasteiger partial charge in [0.1, 0.15) is 0 Å². The summed E-state index contributed by atoms with van der Waals surface area (Å²) in [6, 6.07) is 19.2. The van der Waals surface area contributed by atoms with E-state index in [1.807, 2.05) is 18.3 Å². The van der Waals surface area contributed by atoms with Gasteiger partial charge >= 0.3 is 0 Å². The maximum atomic E-state index is 13.0. The average Bonchev–Trinajstić information content (AvgIpc) is 2.75. The van der Waals surface area contributed by atoms with E-state index in [-0.39, 0.29) is 17.0 Å². The van der Waals surface area contributed by atoms with Gasteiger partial charge in [0, 0.05) is 48.5 Å². The Morgan fingerprint density at radius 2 is 1.72 bits per heavy atom. The molecule has 0 amide bonds. The third kappa shape index (κ3) is 3.36. The number of benzene rings is 2. The summed E-state index contributed by atoms with van der Waals surface area (Å²) in [5, 5.41) is 3.93. The lowest BCUT2D eigenvalue weighted by atomic mass is 9.75. The van der Waals surface area contributed by atoms with Gasteiger partial charge in [0.15, 0.2) is 0 Å². The zero-order chi connectivity index (χ0) is 20.0. The Morgan fingerprint density at radius 1 is 0.966 bits per heavy atom. The minimum absolute atomic E-state index is 0.118. The molecule has 3 aromatic rings. The van der Waals surface area contributed by atoms with Crippen LogP contribution in [0.3, 0.4) is 0 Å². The van der Waals surface area contributed by atoms with Gasteiger partial charge in [-0.05, 0) is 41.0 Å². The number of nitrogens with zero attached hydrogens (tertiary/aromatic N) is 2. The molecule has 3 aliphatic heterocycles. The molecule has 5 nitrogen and oxygen atoms in total. The number of nitrogens with one attached hydrogen (secondary N) is 1. The monoisotopic (exact) mass is 425 g/mol. The van der Waals surface area contributed by atoms with Crippen LogP contribution in [0.4, 0.5) is 0 Å². The number of sulfonamides is 1. The number of piperidine rings is 1. The number of halogens is 1. The van der Waals surface area contributed by atoms with Crippen molar-refractivity contribution in [1.29, 1.82) is 0 Å². The van der Waals surface area contributed by atoms with Crippen LogP contribution >= 0.6 is 11.6 Å². The van der Waals surface area contributed by atoms with E-state index in [4.69, 9.17) is 11.6 Å². The summed E-state index contributed by atoms with van der Waals surface area (Å²) in [7, 11) is -3.53. The van der Waals surface area contributed by atoms with E-state index in [9.17, 15) is 8.42 Å². The lowest BCUT2D eigenvalue weighted by molar-refractivity contribution is 0.102. The van der Waals surface area contributed by atoms with Crippen LogP contribution in [0.5, 0.6) is 0 Å². The molecule has 3 saturated heterocycles. The second-order valence-corrected chi connectivity index (χ2v) is 9.92. The predicted octanol–water partition coefficient (Wildman–Crippen LogP) is 3.53. The van der Waals surface area contributed by atoms with E-state index < -0.39 is 10.0 Å². The van der Waals surface area contributed by atoms with Crippen molar-refractivity contribution in [2.24, 2.45) is 0 Å². The Morgan fingerprint density at radius 3 is 2.38 bits per heavy atom. The molecule has 7 heteroatoms. The topological polar surface area (TPSA) is 62.3 Å². The van der Waals surface area contributed by atoms with Crippen LogP contribution in [-0.2, 0) is 10.0 Å². The number of aromatic nitrogens is 1. The van der Waals surface area contributed by atoms with Crippen molar-refractivity contribution in [2.45, 2.75) is 22.9 Å². The first kappa shape index (κ1) is 18.8. The van der Waals surface area contributed by atoms with Gasteiger partial charge in [0.25, 0.3) is 0 Å². The van der Waals surface area contributed by atoms with Crippen LogP contribution in [0.15, 0.2) is 78.0 Å². The summed E-state index contributed by atoms with van der Waals surface area (Å²) in [6.45, 7) is 0.917. The van der Waals surface area contributed by atoms with Crippen molar-refractivity contribution < 1.29 is 8.42 Å². The molecule has 3 aliphatic rings. The summed E-state index contributed by atoms with van der Waals surface area (Å²) in [6.07, 6.45) is 3.62. The molecular formula is C22H20ClN3O2S. The number of rotatable bonds is 4. The van der Waals surface area contributed by atoms with Crippen LogP contribution < -0.4 is 5.32 Å². The second-order valence-electron chi connectivity index (χ2n) is 7.55. The lowest BCUT2D eigenvalue weighted by Gasteiger charge is -2.54. The molecule has 6 rings (SSSR count). The van der Waals surface area contributed by atoms with Gasteiger partial charge in [0.2, 0.25) is 10.0 Å². The van der Waals surface area contributed by atoms with E-state index in [1.54, 1.807) is 28.7 Å². The van der Waals surface area contributed by atoms with E-state index in [1.165, 1.54) is 11.6 Å². The largest absolute Gasteiger partial charge is 0.307 e. The van der Waals surface area contributed by atoms with Gasteiger partial charge in [-0.1, -0.05) is 48.0 Å². The molecule has 3 atom stereocenters. The molecule has 1 unspecified atom stereocenters. The Kier molecular flexibility index (Phi) is 4.67. The number of hydrogen-bond acceptors (Lipinski definition) is 4. The van der Waals surface area contributed by atoms with E-state index in [0.717, 1.165) is 11.1 Å². The highest BCUT2D eigenvalue weighted by Crippen LogP contribution is 2.39. The van der Waals surface area contributed by atoms with Crippen LogP contribution in [0, 0.1) is 0 Å². The smallest absolute Gasteiger partial charge is 0.243 e. The van der Waals surface area contributed by atoms with Crippen molar-refractivity contribution in [3.63, 3.8) is 0 Å². The van der Waals surface area contributed by atoms with Crippen LogP contribution in [0.25, 0.3) is 11.1 Å². The molecule has 1 N–H and O–H groups in total. The van der Waals surface area contributed by atoms with Crippen molar-refractivity contribution in [1.82, 2.24) is 14.6 Å². The molecule has 0 saturated carbocycles. The summed E-state index contributed by atoms with van der Waals surface area (Å²) in [4.78, 5) is 4.43. The molecule has 4 heterocycles. The minimum atomic E-state index is -3.53. The van der Waals surface area contributed by atoms with E-state index in [0.29, 0.717) is 24.0 Å². The lowest BCUT2D eigenvalue weighted by Crippen LogP contribution is -2.72. The van der Waals surface area contributed by atoms with Gasteiger partial charge < -0.3 is 5.32 Å². The van der Waals surface area contributed by atoms with Crippen LogP contribution in [-0.4, -0.2) is 42.9 Å². The number of hydrogen-bond donors (Lipinski definition) is 1. The fraction of sp³-hybridized carbons (Fsp3) is 0.227. The molecule has 0 aliphatic carbocycles. The highest BCUT2D eigenvalue weighted by Gasteiger charge is 2.49. The van der Waals surface area contributed by atoms with E-state index >= 15 is 0 Å². The maximum Gasteiger partial charge on any atom is 0.243 e. The molecule has 1 aromatic heterocycles. The molecule has 0 spiro atoms. The predicted molar refractivity (Wildman–Crippen MR) is 113 cm³/mol. The molecule has 29 heavy (non-hydrogen) atoms. The van der Waals surface area contributed by atoms with Crippen LogP contribution in [0.2, 0.25) is 5.02 Å². The third-order valence-electron chi connectivity index (χ3n) is 5.82. The summed E-state index contributed by atoms with van der Waals surface area (Å²) in [5.74, 6) is 0.323. The Labute approximate surface area is 175 Å².